The van der Waals surface area contributed by atoms with Crippen molar-refractivity contribution >= 4 is 5.57 Å². The lowest BCUT2D eigenvalue weighted by Gasteiger charge is -2.36. The number of hydrogen-bond donors (Lipinski definition) is 0. The molecule has 0 heterocycles. The Morgan fingerprint density at radius 3 is 2.09 bits per heavy atom. The molecule has 0 amide bonds. The van der Waals surface area contributed by atoms with Gasteiger partial charge in [0.2, 0.25) is 0 Å². The van der Waals surface area contributed by atoms with Gasteiger partial charge in [-0.2, -0.15) is 0 Å². The highest BCUT2D eigenvalue weighted by molar-refractivity contribution is 5.94. The molecule has 0 nitrogen and oxygen atoms in total. The minimum absolute atomic E-state index is 0.321. The fourth-order valence-electron chi connectivity index (χ4n) is 11.6. The molecule has 6 aromatic carbocycles. The van der Waals surface area contributed by atoms with Gasteiger partial charge in [0.1, 0.15) is 0 Å². The molecule has 0 saturated carbocycles. The topological polar surface area (TPSA) is 0 Å². The van der Waals surface area contributed by atoms with Crippen LogP contribution in [0.15, 0.2) is 182 Å². The molecule has 0 saturated heterocycles. The second-order valence-corrected chi connectivity index (χ2v) is 16.4. The van der Waals surface area contributed by atoms with Crippen LogP contribution in [0.1, 0.15) is 94.3 Å². The monoisotopic (exact) mass is 734 g/mol. The molecule has 0 radical (unpaired) electrons. The average Bonchev–Trinajstić information content (AvgIpc) is 3.85. The summed E-state index contributed by atoms with van der Waals surface area (Å²) in [5.74, 6) is 0. The maximum absolute atomic E-state index is 3.98. The van der Waals surface area contributed by atoms with E-state index >= 15 is 0 Å². The van der Waals surface area contributed by atoms with Gasteiger partial charge in [-0.25, -0.2) is 0 Å². The van der Waals surface area contributed by atoms with Crippen molar-refractivity contribution < 1.29 is 0 Å². The molecule has 6 aromatic rings. The van der Waals surface area contributed by atoms with Gasteiger partial charge in [-0.3, -0.25) is 0 Å². The Kier molecular flexibility index (Phi) is 8.64. The van der Waals surface area contributed by atoms with Gasteiger partial charge in [-0.05, 0) is 165 Å². The molecule has 4 aliphatic rings. The maximum atomic E-state index is 3.98. The summed E-state index contributed by atoms with van der Waals surface area (Å²) < 4.78 is 0. The normalized spacial score (nSPS) is 21.0. The molecule has 1 spiro atoms. The fraction of sp³-hybridized carbons (Fsp3) is 0.193. The van der Waals surface area contributed by atoms with Gasteiger partial charge in [0.15, 0.2) is 0 Å². The third kappa shape index (κ3) is 4.99. The zero-order valence-corrected chi connectivity index (χ0v) is 33.5. The van der Waals surface area contributed by atoms with Crippen LogP contribution < -0.4 is 0 Å². The highest BCUT2D eigenvalue weighted by atomic mass is 14.5. The van der Waals surface area contributed by atoms with Crippen molar-refractivity contribution in [1.82, 2.24) is 0 Å². The Morgan fingerprint density at radius 1 is 0.632 bits per heavy atom. The van der Waals surface area contributed by atoms with Gasteiger partial charge in [-0.1, -0.05) is 165 Å². The number of benzene rings is 6. The molecule has 4 aliphatic carbocycles. The van der Waals surface area contributed by atoms with E-state index in [4.69, 9.17) is 0 Å². The highest BCUT2D eigenvalue weighted by Crippen LogP contribution is 2.62. The Balaban J connectivity index is 1.26. The summed E-state index contributed by atoms with van der Waals surface area (Å²) in [6.07, 6.45) is 19.8. The third-order valence-electron chi connectivity index (χ3n) is 13.7. The molecule has 0 bridgehead atoms. The Hall–Kier alpha value is -5.98. The maximum Gasteiger partial charge on any atom is 0.0716 e. The number of hydrogen-bond acceptors (Lipinski definition) is 0. The summed E-state index contributed by atoms with van der Waals surface area (Å²) in [5, 5.41) is 0. The number of aryl methyl sites for hydroxylation is 2. The largest absolute Gasteiger partial charge is 0.0991 e. The SMILES string of the molecule is C=C/C=C\C=C1/Cc2ccccc2C12C(CC)=C(/C=C\C)c1ccc(-c3ccc4c(c3)C(c3ccccc3)(c3ccccc3C)c3ccc5c(c3-4)CCCC5)cc12. The third-order valence-corrected chi connectivity index (χ3v) is 13.7. The number of fused-ring (bicyclic) bond motifs is 9. The van der Waals surface area contributed by atoms with Crippen LogP contribution >= 0.6 is 0 Å². The lowest BCUT2D eigenvalue weighted by atomic mass is 9.66. The molecule has 57 heavy (non-hydrogen) atoms. The van der Waals surface area contributed by atoms with Crippen molar-refractivity contribution in [2.45, 2.75) is 70.1 Å². The predicted octanol–water partition coefficient (Wildman–Crippen LogP) is 14.2. The van der Waals surface area contributed by atoms with Gasteiger partial charge in [-0.15, -0.1) is 0 Å². The first kappa shape index (κ1) is 35.4. The summed E-state index contributed by atoms with van der Waals surface area (Å²) in [6.45, 7) is 10.8. The van der Waals surface area contributed by atoms with Crippen LogP contribution in [0, 0.1) is 6.92 Å². The van der Waals surface area contributed by atoms with E-state index in [1.807, 2.05) is 6.08 Å². The smallest absolute Gasteiger partial charge is 0.0716 e. The molecular weight excluding hydrogens is 685 g/mol. The molecule has 0 fully saturated rings. The zero-order chi connectivity index (χ0) is 38.7. The van der Waals surface area contributed by atoms with Gasteiger partial charge < -0.3 is 0 Å². The van der Waals surface area contributed by atoms with Crippen molar-refractivity contribution in [3.63, 3.8) is 0 Å². The van der Waals surface area contributed by atoms with Crippen molar-refractivity contribution in [1.29, 1.82) is 0 Å². The molecule has 0 aliphatic heterocycles. The van der Waals surface area contributed by atoms with E-state index in [1.54, 1.807) is 5.56 Å². The Labute approximate surface area is 339 Å². The van der Waals surface area contributed by atoms with E-state index in [-0.39, 0.29) is 5.41 Å². The summed E-state index contributed by atoms with van der Waals surface area (Å²) >= 11 is 0. The zero-order valence-electron chi connectivity index (χ0n) is 33.5. The van der Waals surface area contributed by atoms with Crippen LogP contribution in [-0.4, -0.2) is 0 Å². The van der Waals surface area contributed by atoms with Crippen LogP contribution in [0.2, 0.25) is 0 Å². The first-order chi connectivity index (χ1) is 28.1. The first-order valence-electron chi connectivity index (χ1n) is 21.1. The van der Waals surface area contributed by atoms with Gasteiger partial charge in [0, 0.05) is 0 Å². The molecule has 0 heteroatoms. The Bertz CT molecular complexity index is 2730. The van der Waals surface area contributed by atoms with E-state index in [9.17, 15) is 0 Å². The molecular formula is C57H50. The Morgan fingerprint density at radius 2 is 1.33 bits per heavy atom. The minimum atomic E-state index is -0.439. The quantitative estimate of drug-likeness (QED) is 0.143. The second kappa shape index (κ2) is 13.9. The van der Waals surface area contributed by atoms with E-state index in [0.29, 0.717) is 0 Å². The van der Waals surface area contributed by atoms with E-state index < -0.39 is 5.41 Å². The highest BCUT2D eigenvalue weighted by Gasteiger charge is 2.52. The summed E-state index contributed by atoms with van der Waals surface area (Å²) in [5.41, 5.74) is 24.5. The van der Waals surface area contributed by atoms with Crippen molar-refractivity contribution in [2.75, 3.05) is 0 Å². The van der Waals surface area contributed by atoms with Gasteiger partial charge in [0.05, 0.1) is 10.8 Å². The lowest BCUT2D eigenvalue weighted by Crippen LogP contribution is -2.29. The van der Waals surface area contributed by atoms with Gasteiger partial charge in [0.25, 0.3) is 0 Å². The number of allylic oxidation sites excluding steroid dienone is 9. The van der Waals surface area contributed by atoms with E-state index in [1.165, 1.54) is 114 Å². The average molecular weight is 735 g/mol. The van der Waals surface area contributed by atoms with E-state index in [2.05, 4.69) is 185 Å². The van der Waals surface area contributed by atoms with Crippen LogP contribution in [0.4, 0.5) is 0 Å². The van der Waals surface area contributed by atoms with Crippen molar-refractivity contribution in [3.8, 4) is 22.3 Å². The standard InChI is InChI=1S/C57H50/c1-5-8-10-25-44-35-42-22-15-18-28-51(42)57(44)49(7-3)46(19-6-2)47-32-29-40(36-53(47)57)41-30-33-48-54(37-41)56(43-23-11-9-12-24-43,50-27-17-13-20-38(50)4)52-34-31-39-21-14-16-26-45(39)55(48)52/h5-6,8-13,15,17-20,22-25,27-34,36-37H,1,7,14,16,21,26,35H2,2-4H3/b10-8-,19-6-,44-25+. The van der Waals surface area contributed by atoms with Crippen molar-refractivity contribution in [2.24, 2.45) is 0 Å². The predicted molar refractivity (Wildman–Crippen MR) is 241 cm³/mol. The fourth-order valence-corrected chi connectivity index (χ4v) is 11.6. The summed E-state index contributed by atoms with van der Waals surface area (Å²) in [7, 11) is 0. The summed E-state index contributed by atoms with van der Waals surface area (Å²) in [4.78, 5) is 0. The molecule has 278 valence electrons. The van der Waals surface area contributed by atoms with E-state index in [0.717, 1.165) is 19.3 Å². The molecule has 0 N–H and O–H groups in total. The molecule has 2 unspecified atom stereocenters. The van der Waals surface area contributed by atoms with Crippen molar-refractivity contribution in [3.05, 3.63) is 243 Å². The van der Waals surface area contributed by atoms with Crippen LogP contribution in [-0.2, 0) is 30.1 Å². The minimum Gasteiger partial charge on any atom is -0.0991 e. The number of rotatable bonds is 7. The van der Waals surface area contributed by atoms with Crippen LogP contribution in [0.3, 0.4) is 0 Å². The molecule has 2 atom stereocenters. The summed E-state index contributed by atoms with van der Waals surface area (Å²) in [6, 6.07) is 49.4. The van der Waals surface area contributed by atoms with Crippen LogP contribution in [0.5, 0.6) is 0 Å². The lowest BCUT2D eigenvalue weighted by molar-refractivity contribution is 0.683. The van der Waals surface area contributed by atoms with Crippen LogP contribution in [0.25, 0.3) is 27.8 Å². The molecule has 0 aromatic heterocycles. The second-order valence-electron chi connectivity index (χ2n) is 16.4. The first-order valence-corrected chi connectivity index (χ1v) is 21.1. The molecule has 10 rings (SSSR count). The van der Waals surface area contributed by atoms with Gasteiger partial charge >= 0.3 is 0 Å².